The van der Waals surface area contributed by atoms with Crippen molar-refractivity contribution in [2.75, 3.05) is 7.05 Å². The standard InChI is InChI=1S/C15H11ClFN3O2S/c1-19(8-10-11(16)3-2-4-12(10)17)13(21)9-7-18-15-20(14(9)22)5-6-23-15/h2-7H,8H2,1H3. The third-order valence-corrected chi connectivity index (χ3v) is 4.50. The number of benzene rings is 1. The molecule has 0 bridgehead atoms. The molecule has 0 fully saturated rings. The Morgan fingerprint density at radius 2 is 2.26 bits per heavy atom. The van der Waals surface area contributed by atoms with Gasteiger partial charge in [0.15, 0.2) is 4.96 Å². The van der Waals surface area contributed by atoms with E-state index in [-0.39, 0.29) is 22.7 Å². The number of carbonyl (C=O) groups excluding carboxylic acids is 1. The summed E-state index contributed by atoms with van der Waals surface area (Å²) in [6.07, 6.45) is 2.80. The molecule has 23 heavy (non-hydrogen) atoms. The summed E-state index contributed by atoms with van der Waals surface area (Å²) >= 11 is 7.26. The zero-order valence-electron chi connectivity index (χ0n) is 12.0. The van der Waals surface area contributed by atoms with Crippen molar-refractivity contribution in [2.45, 2.75) is 6.54 Å². The van der Waals surface area contributed by atoms with Crippen molar-refractivity contribution in [3.8, 4) is 0 Å². The fourth-order valence-corrected chi connectivity index (χ4v) is 3.07. The lowest BCUT2D eigenvalue weighted by atomic mass is 10.2. The van der Waals surface area contributed by atoms with Gasteiger partial charge >= 0.3 is 0 Å². The monoisotopic (exact) mass is 351 g/mol. The van der Waals surface area contributed by atoms with Crippen LogP contribution in [0.2, 0.25) is 5.02 Å². The molecular formula is C15H11ClFN3O2S. The highest BCUT2D eigenvalue weighted by Gasteiger charge is 2.20. The van der Waals surface area contributed by atoms with E-state index in [0.29, 0.717) is 4.96 Å². The van der Waals surface area contributed by atoms with Crippen LogP contribution in [-0.4, -0.2) is 27.2 Å². The number of nitrogens with zero attached hydrogens (tertiary/aromatic N) is 3. The van der Waals surface area contributed by atoms with Gasteiger partial charge in [-0.15, -0.1) is 11.3 Å². The molecule has 0 spiro atoms. The summed E-state index contributed by atoms with van der Waals surface area (Å²) in [6.45, 7) is -0.0455. The minimum Gasteiger partial charge on any atom is -0.337 e. The van der Waals surface area contributed by atoms with Gasteiger partial charge in [-0.3, -0.25) is 14.0 Å². The van der Waals surface area contributed by atoms with E-state index in [1.165, 1.54) is 46.0 Å². The first-order valence-corrected chi connectivity index (χ1v) is 7.88. The summed E-state index contributed by atoms with van der Waals surface area (Å²) in [5.41, 5.74) is -0.321. The topological polar surface area (TPSA) is 54.7 Å². The maximum Gasteiger partial charge on any atom is 0.271 e. The van der Waals surface area contributed by atoms with Gasteiger partial charge in [0.05, 0.1) is 0 Å². The van der Waals surface area contributed by atoms with E-state index in [2.05, 4.69) is 4.98 Å². The number of amides is 1. The average Bonchev–Trinajstić information content (AvgIpc) is 3.00. The van der Waals surface area contributed by atoms with Crippen molar-refractivity contribution in [3.05, 3.63) is 68.3 Å². The van der Waals surface area contributed by atoms with E-state index in [1.54, 1.807) is 17.6 Å². The van der Waals surface area contributed by atoms with Crippen LogP contribution in [0.5, 0.6) is 0 Å². The molecule has 0 saturated carbocycles. The van der Waals surface area contributed by atoms with Crippen LogP contribution in [0.1, 0.15) is 15.9 Å². The van der Waals surface area contributed by atoms with Gasteiger partial charge in [0.2, 0.25) is 0 Å². The van der Waals surface area contributed by atoms with E-state index in [0.717, 1.165) is 0 Å². The molecule has 2 heterocycles. The molecule has 0 saturated heterocycles. The lowest BCUT2D eigenvalue weighted by Crippen LogP contribution is -2.32. The van der Waals surface area contributed by atoms with Crippen LogP contribution in [0.25, 0.3) is 4.96 Å². The molecule has 118 valence electrons. The molecule has 3 rings (SSSR count). The van der Waals surface area contributed by atoms with E-state index in [1.807, 2.05) is 0 Å². The molecule has 0 aliphatic carbocycles. The minimum atomic E-state index is -0.539. The first-order valence-electron chi connectivity index (χ1n) is 6.62. The molecule has 0 aliphatic rings. The minimum absolute atomic E-state index is 0.0455. The van der Waals surface area contributed by atoms with Crippen molar-refractivity contribution in [2.24, 2.45) is 0 Å². The fourth-order valence-electron chi connectivity index (χ4n) is 2.17. The normalized spacial score (nSPS) is 10.9. The lowest BCUT2D eigenvalue weighted by molar-refractivity contribution is 0.0781. The number of aromatic nitrogens is 2. The van der Waals surface area contributed by atoms with Crippen LogP contribution in [0.4, 0.5) is 4.39 Å². The van der Waals surface area contributed by atoms with Gasteiger partial charge in [0.1, 0.15) is 11.4 Å². The molecular weight excluding hydrogens is 341 g/mol. The molecule has 0 aliphatic heterocycles. The number of carbonyl (C=O) groups is 1. The molecule has 5 nitrogen and oxygen atoms in total. The highest BCUT2D eigenvalue weighted by molar-refractivity contribution is 7.15. The zero-order chi connectivity index (χ0) is 16.6. The van der Waals surface area contributed by atoms with Crippen LogP contribution in [0.3, 0.4) is 0 Å². The average molecular weight is 352 g/mol. The molecule has 1 amide bonds. The van der Waals surface area contributed by atoms with E-state index >= 15 is 0 Å². The summed E-state index contributed by atoms with van der Waals surface area (Å²) in [4.78, 5) is 30.6. The molecule has 0 radical (unpaired) electrons. The van der Waals surface area contributed by atoms with Gasteiger partial charge in [-0.1, -0.05) is 17.7 Å². The second kappa shape index (κ2) is 6.10. The van der Waals surface area contributed by atoms with E-state index in [4.69, 9.17) is 11.6 Å². The molecule has 1 aromatic carbocycles. The molecule has 0 atom stereocenters. The Morgan fingerprint density at radius 1 is 1.48 bits per heavy atom. The van der Waals surface area contributed by atoms with Crippen LogP contribution >= 0.6 is 22.9 Å². The summed E-state index contributed by atoms with van der Waals surface area (Å²) in [6, 6.07) is 4.31. The number of halogens is 2. The Kier molecular flexibility index (Phi) is 4.14. The Morgan fingerprint density at radius 3 is 3.00 bits per heavy atom. The number of hydrogen-bond donors (Lipinski definition) is 0. The Hall–Kier alpha value is -2.25. The van der Waals surface area contributed by atoms with Crippen LogP contribution < -0.4 is 5.56 Å². The quantitative estimate of drug-likeness (QED) is 0.729. The second-order valence-corrected chi connectivity index (χ2v) is 6.17. The molecule has 0 N–H and O–H groups in total. The van der Waals surface area contributed by atoms with Crippen molar-refractivity contribution >= 4 is 33.8 Å². The molecule has 2 aromatic heterocycles. The SMILES string of the molecule is CN(Cc1c(F)cccc1Cl)C(=O)c1cnc2sccn2c1=O. The highest BCUT2D eigenvalue weighted by Crippen LogP contribution is 2.20. The van der Waals surface area contributed by atoms with Crippen LogP contribution in [-0.2, 0) is 6.54 Å². The van der Waals surface area contributed by atoms with Gasteiger partial charge in [0.25, 0.3) is 11.5 Å². The van der Waals surface area contributed by atoms with Crippen molar-refractivity contribution in [3.63, 3.8) is 0 Å². The van der Waals surface area contributed by atoms with E-state index < -0.39 is 17.3 Å². The smallest absolute Gasteiger partial charge is 0.271 e. The predicted molar refractivity (Wildman–Crippen MR) is 86.5 cm³/mol. The first-order chi connectivity index (χ1) is 11.0. The second-order valence-electron chi connectivity index (χ2n) is 4.89. The van der Waals surface area contributed by atoms with Crippen molar-refractivity contribution in [1.29, 1.82) is 0 Å². The third kappa shape index (κ3) is 2.85. The van der Waals surface area contributed by atoms with Crippen LogP contribution in [0, 0.1) is 5.82 Å². The summed E-state index contributed by atoms with van der Waals surface area (Å²) in [7, 11) is 1.48. The number of rotatable bonds is 3. The van der Waals surface area contributed by atoms with Gasteiger partial charge in [-0.2, -0.15) is 0 Å². The number of hydrogen-bond acceptors (Lipinski definition) is 4. The largest absolute Gasteiger partial charge is 0.337 e. The van der Waals surface area contributed by atoms with Gasteiger partial charge in [-0.05, 0) is 12.1 Å². The Balaban J connectivity index is 1.92. The molecule has 8 heteroatoms. The summed E-state index contributed by atoms with van der Waals surface area (Å²) in [5, 5.41) is 1.94. The van der Waals surface area contributed by atoms with Gasteiger partial charge in [0, 0.05) is 42.0 Å². The van der Waals surface area contributed by atoms with Crippen molar-refractivity contribution in [1.82, 2.24) is 14.3 Å². The van der Waals surface area contributed by atoms with Crippen LogP contribution in [0.15, 0.2) is 40.8 Å². The number of thiazole rings is 1. The Bertz CT molecular complexity index is 933. The summed E-state index contributed by atoms with van der Waals surface area (Å²) in [5.74, 6) is -1.04. The Labute approximate surface area is 139 Å². The molecule has 3 aromatic rings. The summed E-state index contributed by atoms with van der Waals surface area (Å²) < 4.78 is 15.1. The van der Waals surface area contributed by atoms with Crippen molar-refractivity contribution < 1.29 is 9.18 Å². The maximum atomic E-state index is 13.8. The first kappa shape index (κ1) is 15.6. The van der Waals surface area contributed by atoms with Gasteiger partial charge < -0.3 is 4.90 Å². The van der Waals surface area contributed by atoms with Gasteiger partial charge in [-0.25, -0.2) is 9.37 Å². The third-order valence-electron chi connectivity index (χ3n) is 3.38. The van der Waals surface area contributed by atoms with E-state index in [9.17, 15) is 14.0 Å². The predicted octanol–water partition coefficient (Wildman–Crippen LogP) is 2.82. The zero-order valence-corrected chi connectivity index (χ0v) is 13.6. The fraction of sp³-hybridized carbons (Fsp3) is 0.133. The number of fused-ring (bicyclic) bond motifs is 1. The molecule has 0 unspecified atom stereocenters. The highest BCUT2D eigenvalue weighted by atomic mass is 35.5. The lowest BCUT2D eigenvalue weighted by Gasteiger charge is -2.18. The maximum absolute atomic E-state index is 13.8.